The Balaban J connectivity index is 3.11. The molecule has 0 saturated heterocycles. The molecule has 0 spiro atoms. The van der Waals surface area contributed by atoms with Crippen molar-refractivity contribution in [3.63, 3.8) is 0 Å². The van der Waals surface area contributed by atoms with E-state index < -0.39 is 0 Å². The lowest BCUT2D eigenvalue weighted by atomic mass is 10.3. The summed E-state index contributed by atoms with van der Waals surface area (Å²) in [4.78, 5) is 2.19. The fourth-order valence-electron chi connectivity index (χ4n) is 0.905. The van der Waals surface area contributed by atoms with Crippen molar-refractivity contribution in [3.05, 3.63) is 0 Å². The van der Waals surface area contributed by atoms with Gasteiger partial charge < -0.3 is 9.64 Å². The first-order valence-corrected chi connectivity index (χ1v) is 4.44. The molecule has 3 heteroatoms. The lowest BCUT2D eigenvalue weighted by Gasteiger charge is -2.14. The van der Waals surface area contributed by atoms with Crippen molar-refractivity contribution in [2.75, 3.05) is 33.4 Å². The number of hydrogen-bond donors (Lipinski definition) is 0. The molecular formula is C9H18N2O. The Kier molecular flexibility index (Phi) is 8.09. The third kappa shape index (κ3) is 7.52. The number of nitrogens with zero attached hydrogens (tertiary/aromatic N) is 2. The summed E-state index contributed by atoms with van der Waals surface area (Å²) in [5, 5.41) is 8.30. The smallest absolute Gasteiger partial charge is 0.0622 e. The summed E-state index contributed by atoms with van der Waals surface area (Å²) in [5.41, 5.74) is 0. The number of rotatable bonds is 7. The van der Waals surface area contributed by atoms with E-state index in [1.54, 1.807) is 0 Å². The Morgan fingerprint density at radius 3 is 2.75 bits per heavy atom. The SMILES string of the molecule is CCOCCN(C)CCCC#N. The monoisotopic (exact) mass is 170 g/mol. The van der Waals surface area contributed by atoms with Gasteiger partial charge in [-0.1, -0.05) is 0 Å². The van der Waals surface area contributed by atoms with Gasteiger partial charge in [-0.05, 0) is 26.9 Å². The van der Waals surface area contributed by atoms with Crippen molar-refractivity contribution in [1.82, 2.24) is 4.90 Å². The number of nitriles is 1. The van der Waals surface area contributed by atoms with Gasteiger partial charge in [0.05, 0.1) is 12.7 Å². The maximum Gasteiger partial charge on any atom is 0.0622 e. The molecule has 0 atom stereocenters. The predicted molar refractivity (Wildman–Crippen MR) is 48.8 cm³/mol. The van der Waals surface area contributed by atoms with Crippen LogP contribution in [0.5, 0.6) is 0 Å². The van der Waals surface area contributed by atoms with E-state index in [9.17, 15) is 0 Å². The van der Waals surface area contributed by atoms with E-state index in [0.29, 0.717) is 6.42 Å². The average Bonchev–Trinajstić information content (AvgIpc) is 2.06. The highest BCUT2D eigenvalue weighted by atomic mass is 16.5. The molecule has 0 aromatic carbocycles. The molecule has 0 unspecified atom stereocenters. The van der Waals surface area contributed by atoms with Crippen LogP contribution in [0.4, 0.5) is 0 Å². The van der Waals surface area contributed by atoms with Crippen LogP contribution in [0.25, 0.3) is 0 Å². The number of hydrogen-bond acceptors (Lipinski definition) is 3. The van der Waals surface area contributed by atoms with Gasteiger partial charge in [0.2, 0.25) is 0 Å². The summed E-state index contributed by atoms with van der Waals surface area (Å²) in [6, 6.07) is 2.13. The highest BCUT2D eigenvalue weighted by molar-refractivity contribution is 4.69. The molecule has 0 N–H and O–H groups in total. The minimum Gasteiger partial charge on any atom is -0.380 e. The minimum atomic E-state index is 0.652. The second-order valence-corrected chi connectivity index (χ2v) is 2.76. The van der Waals surface area contributed by atoms with Gasteiger partial charge >= 0.3 is 0 Å². The Morgan fingerprint density at radius 1 is 1.42 bits per heavy atom. The quantitative estimate of drug-likeness (QED) is 0.540. The van der Waals surface area contributed by atoms with Crippen LogP contribution in [0.1, 0.15) is 19.8 Å². The normalized spacial score (nSPS) is 10.2. The lowest BCUT2D eigenvalue weighted by Crippen LogP contribution is -2.24. The van der Waals surface area contributed by atoms with E-state index in [1.807, 2.05) is 6.92 Å². The minimum absolute atomic E-state index is 0.652. The fourth-order valence-corrected chi connectivity index (χ4v) is 0.905. The molecule has 0 bridgehead atoms. The van der Waals surface area contributed by atoms with Crippen LogP contribution < -0.4 is 0 Å². The molecule has 0 aromatic rings. The van der Waals surface area contributed by atoms with Crippen molar-refractivity contribution in [3.8, 4) is 6.07 Å². The van der Waals surface area contributed by atoms with Gasteiger partial charge in [0, 0.05) is 19.6 Å². The third-order valence-corrected chi connectivity index (χ3v) is 1.65. The first kappa shape index (κ1) is 11.4. The van der Waals surface area contributed by atoms with Gasteiger partial charge in [-0.25, -0.2) is 0 Å². The van der Waals surface area contributed by atoms with E-state index in [0.717, 1.165) is 32.7 Å². The molecule has 0 fully saturated rings. The first-order valence-electron chi connectivity index (χ1n) is 4.44. The maximum absolute atomic E-state index is 8.30. The molecule has 3 nitrogen and oxygen atoms in total. The Labute approximate surface area is 74.9 Å². The number of ether oxygens (including phenoxy) is 1. The average molecular weight is 170 g/mol. The Hall–Kier alpha value is -0.590. The molecule has 0 amide bonds. The third-order valence-electron chi connectivity index (χ3n) is 1.65. The molecule has 0 aliphatic rings. The largest absolute Gasteiger partial charge is 0.380 e. The van der Waals surface area contributed by atoms with E-state index in [1.165, 1.54) is 0 Å². The van der Waals surface area contributed by atoms with Crippen molar-refractivity contribution in [1.29, 1.82) is 5.26 Å². The number of likely N-dealkylation sites (N-methyl/N-ethyl adjacent to an activating group) is 1. The topological polar surface area (TPSA) is 36.3 Å². The molecule has 0 aliphatic carbocycles. The molecule has 0 heterocycles. The summed E-state index contributed by atoms with van der Waals surface area (Å²) >= 11 is 0. The summed E-state index contributed by atoms with van der Waals surface area (Å²) in [7, 11) is 2.05. The highest BCUT2D eigenvalue weighted by Crippen LogP contribution is 1.91. The Bertz CT molecular complexity index is 131. The Morgan fingerprint density at radius 2 is 2.17 bits per heavy atom. The van der Waals surface area contributed by atoms with Crippen molar-refractivity contribution in [2.24, 2.45) is 0 Å². The summed E-state index contributed by atoms with van der Waals surface area (Å²) in [6.07, 6.45) is 1.61. The fraction of sp³-hybridized carbons (Fsp3) is 0.889. The molecule has 0 aromatic heterocycles. The van der Waals surface area contributed by atoms with Crippen molar-refractivity contribution >= 4 is 0 Å². The van der Waals surface area contributed by atoms with E-state index in [4.69, 9.17) is 10.00 Å². The van der Waals surface area contributed by atoms with Crippen LogP contribution in [0.2, 0.25) is 0 Å². The van der Waals surface area contributed by atoms with Gasteiger partial charge in [0.15, 0.2) is 0 Å². The highest BCUT2D eigenvalue weighted by Gasteiger charge is 1.96. The van der Waals surface area contributed by atoms with Gasteiger partial charge in [-0.2, -0.15) is 5.26 Å². The van der Waals surface area contributed by atoms with E-state index in [2.05, 4.69) is 18.0 Å². The van der Waals surface area contributed by atoms with Crippen molar-refractivity contribution < 1.29 is 4.74 Å². The van der Waals surface area contributed by atoms with Crippen LogP contribution in [-0.4, -0.2) is 38.3 Å². The molecule has 0 saturated carbocycles. The maximum atomic E-state index is 8.30. The van der Waals surface area contributed by atoms with E-state index >= 15 is 0 Å². The zero-order chi connectivity index (χ0) is 9.23. The van der Waals surface area contributed by atoms with Gasteiger partial charge in [-0.15, -0.1) is 0 Å². The van der Waals surface area contributed by atoms with Crippen LogP contribution in [0.15, 0.2) is 0 Å². The van der Waals surface area contributed by atoms with Crippen LogP contribution in [0.3, 0.4) is 0 Å². The van der Waals surface area contributed by atoms with Gasteiger partial charge in [0.25, 0.3) is 0 Å². The zero-order valence-electron chi connectivity index (χ0n) is 8.05. The molecule has 70 valence electrons. The molecular weight excluding hydrogens is 152 g/mol. The second-order valence-electron chi connectivity index (χ2n) is 2.76. The van der Waals surface area contributed by atoms with Crippen LogP contribution >= 0.6 is 0 Å². The summed E-state index contributed by atoms with van der Waals surface area (Å²) in [5.74, 6) is 0. The molecule has 0 rings (SSSR count). The summed E-state index contributed by atoms with van der Waals surface area (Å²) in [6.45, 7) is 5.52. The van der Waals surface area contributed by atoms with E-state index in [-0.39, 0.29) is 0 Å². The van der Waals surface area contributed by atoms with Gasteiger partial charge in [0.1, 0.15) is 0 Å². The second kappa shape index (κ2) is 8.51. The summed E-state index contributed by atoms with van der Waals surface area (Å²) < 4.78 is 5.20. The molecule has 12 heavy (non-hydrogen) atoms. The number of unbranched alkanes of at least 4 members (excludes halogenated alkanes) is 1. The molecule has 0 radical (unpaired) electrons. The van der Waals surface area contributed by atoms with Crippen molar-refractivity contribution in [2.45, 2.75) is 19.8 Å². The standard InChI is InChI=1S/C9H18N2O/c1-3-12-9-8-11(2)7-5-4-6-10/h3-5,7-9H2,1-2H3. The lowest BCUT2D eigenvalue weighted by molar-refractivity contribution is 0.122. The predicted octanol–water partition coefficient (Wildman–Crippen LogP) is 1.26. The van der Waals surface area contributed by atoms with Gasteiger partial charge in [-0.3, -0.25) is 0 Å². The van der Waals surface area contributed by atoms with Crippen LogP contribution in [0, 0.1) is 11.3 Å². The van der Waals surface area contributed by atoms with Crippen LogP contribution in [-0.2, 0) is 4.74 Å². The zero-order valence-corrected chi connectivity index (χ0v) is 8.05. The molecule has 0 aliphatic heterocycles. The first-order chi connectivity index (χ1) is 5.81.